The van der Waals surface area contributed by atoms with E-state index >= 15 is 0 Å². The molecule has 1 aromatic heterocycles. The zero-order chi connectivity index (χ0) is 15.1. The van der Waals surface area contributed by atoms with E-state index in [4.69, 9.17) is 0 Å². The van der Waals surface area contributed by atoms with Crippen LogP contribution in [0.3, 0.4) is 0 Å². The predicted octanol–water partition coefficient (Wildman–Crippen LogP) is 3.66. The summed E-state index contributed by atoms with van der Waals surface area (Å²) < 4.78 is 1.58. The van der Waals surface area contributed by atoms with Crippen molar-refractivity contribution in [2.45, 2.75) is 65.3 Å². The molecule has 0 saturated carbocycles. The fourth-order valence-electron chi connectivity index (χ4n) is 2.34. The summed E-state index contributed by atoms with van der Waals surface area (Å²) in [5.74, 6) is 0.523. The Morgan fingerprint density at radius 3 is 2.60 bits per heavy atom. The lowest BCUT2D eigenvalue weighted by Gasteiger charge is -2.14. The summed E-state index contributed by atoms with van der Waals surface area (Å²) in [5.41, 5.74) is 0.661. The molecule has 1 unspecified atom stereocenters. The molecule has 0 radical (unpaired) electrons. The molecule has 0 aliphatic carbocycles. The Bertz CT molecular complexity index is 443. The summed E-state index contributed by atoms with van der Waals surface area (Å²) in [7, 11) is 1.75. The second-order valence-electron chi connectivity index (χ2n) is 5.27. The number of nitrogens with one attached hydrogen (secondary N) is 1. The molecule has 1 rings (SSSR count). The number of unbranched alkanes of at least 4 members (excludes halogenated alkanes) is 3. The molecule has 0 amide bonds. The lowest BCUT2D eigenvalue weighted by Crippen LogP contribution is -2.18. The second-order valence-corrected chi connectivity index (χ2v) is 5.27. The van der Waals surface area contributed by atoms with Crippen LogP contribution in [0.5, 0.6) is 0 Å². The van der Waals surface area contributed by atoms with E-state index < -0.39 is 0 Å². The van der Waals surface area contributed by atoms with Crippen LogP contribution in [0, 0.1) is 10.1 Å². The number of hydrogen-bond donors (Lipinski definition) is 1. The van der Waals surface area contributed by atoms with Crippen molar-refractivity contribution in [3.05, 3.63) is 15.8 Å². The second kappa shape index (κ2) is 7.87. The fourth-order valence-corrected chi connectivity index (χ4v) is 2.34. The number of aryl methyl sites for hydroxylation is 2. The van der Waals surface area contributed by atoms with Crippen LogP contribution in [0.4, 0.5) is 11.5 Å². The highest BCUT2D eigenvalue weighted by molar-refractivity contribution is 5.60. The van der Waals surface area contributed by atoms with E-state index in [0.29, 0.717) is 17.9 Å². The highest BCUT2D eigenvalue weighted by Gasteiger charge is 2.26. The standard InChI is InChI=1S/C14H26N4O2/c1-5-7-8-9-10-11(3)15-14-13(18(19)20)12(6-2)16-17(14)4/h11,15H,5-10H2,1-4H3. The minimum absolute atomic E-state index is 0.121. The van der Waals surface area contributed by atoms with Gasteiger partial charge in [-0.15, -0.1) is 0 Å². The first kappa shape index (κ1) is 16.5. The molecule has 0 aliphatic heterocycles. The van der Waals surface area contributed by atoms with Gasteiger partial charge in [-0.25, -0.2) is 4.68 Å². The quantitative estimate of drug-likeness (QED) is 0.426. The molecule has 1 heterocycles. The van der Waals surface area contributed by atoms with Gasteiger partial charge in [-0.2, -0.15) is 5.10 Å². The highest BCUT2D eigenvalue weighted by Crippen LogP contribution is 2.29. The topological polar surface area (TPSA) is 73.0 Å². The first-order valence-electron chi connectivity index (χ1n) is 7.48. The minimum Gasteiger partial charge on any atom is -0.362 e. The maximum atomic E-state index is 11.2. The molecular formula is C14H26N4O2. The Morgan fingerprint density at radius 2 is 2.05 bits per heavy atom. The Morgan fingerprint density at radius 1 is 1.35 bits per heavy atom. The summed E-state index contributed by atoms with van der Waals surface area (Å²) in [5, 5.41) is 18.7. The number of rotatable bonds is 9. The highest BCUT2D eigenvalue weighted by atomic mass is 16.6. The normalized spacial score (nSPS) is 12.4. The predicted molar refractivity (Wildman–Crippen MR) is 81.1 cm³/mol. The fraction of sp³-hybridized carbons (Fsp3) is 0.786. The molecule has 6 heteroatoms. The Balaban J connectivity index is 2.71. The third kappa shape index (κ3) is 4.21. The molecule has 0 aliphatic rings. The largest absolute Gasteiger partial charge is 0.362 e. The van der Waals surface area contributed by atoms with Gasteiger partial charge in [0.2, 0.25) is 5.82 Å². The van der Waals surface area contributed by atoms with E-state index in [1.165, 1.54) is 19.3 Å². The van der Waals surface area contributed by atoms with E-state index in [1.54, 1.807) is 11.7 Å². The van der Waals surface area contributed by atoms with Crippen molar-refractivity contribution in [1.82, 2.24) is 9.78 Å². The van der Waals surface area contributed by atoms with Gasteiger partial charge in [-0.1, -0.05) is 39.5 Å². The Kier molecular flexibility index (Phi) is 6.48. The molecule has 20 heavy (non-hydrogen) atoms. The molecule has 6 nitrogen and oxygen atoms in total. The molecule has 1 aromatic rings. The van der Waals surface area contributed by atoms with Crippen LogP contribution in [0.1, 0.15) is 58.6 Å². The number of aromatic nitrogens is 2. The van der Waals surface area contributed by atoms with Gasteiger partial charge in [0.1, 0.15) is 5.69 Å². The monoisotopic (exact) mass is 282 g/mol. The molecule has 1 atom stereocenters. The third-order valence-corrected chi connectivity index (χ3v) is 3.48. The average Bonchev–Trinajstić information content (AvgIpc) is 2.71. The van der Waals surface area contributed by atoms with Gasteiger partial charge in [0.15, 0.2) is 0 Å². The van der Waals surface area contributed by atoms with Crippen LogP contribution in [-0.4, -0.2) is 20.7 Å². The van der Waals surface area contributed by atoms with Crippen LogP contribution in [0.25, 0.3) is 0 Å². The molecule has 0 aromatic carbocycles. The third-order valence-electron chi connectivity index (χ3n) is 3.48. The Labute approximate surface area is 120 Å². The molecule has 0 fully saturated rings. The van der Waals surface area contributed by atoms with E-state index in [0.717, 1.165) is 12.8 Å². The number of anilines is 1. The van der Waals surface area contributed by atoms with Crippen molar-refractivity contribution < 1.29 is 4.92 Å². The summed E-state index contributed by atoms with van der Waals surface area (Å²) >= 11 is 0. The van der Waals surface area contributed by atoms with Crippen molar-refractivity contribution in [3.8, 4) is 0 Å². The molecule has 1 N–H and O–H groups in total. The van der Waals surface area contributed by atoms with Crippen LogP contribution in [0.15, 0.2) is 0 Å². The SMILES string of the molecule is CCCCCCC(C)Nc1c([N+](=O)[O-])c(CC)nn1C. The van der Waals surface area contributed by atoms with Gasteiger partial charge in [0, 0.05) is 13.1 Å². The summed E-state index contributed by atoms with van der Waals surface area (Å²) in [6.45, 7) is 6.13. The van der Waals surface area contributed by atoms with E-state index in [9.17, 15) is 10.1 Å². The van der Waals surface area contributed by atoms with Crippen molar-refractivity contribution in [2.24, 2.45) is 7.05 Å². The zero-order valence-electron chi connectivity index (χ0n) is 13.0. The van der Waals surface area contributed by atoms with Crippen molar-refractivity contribution in [3.63, 3.8) is 0 Å². The van der Waals surface area contributed by atoms with E-state index in [1.807, 2.05) is 6.92 Å². The van der Waals surface area contributed by atoms with Gasteiger partial charge in [0.25, 0.3) is 0 Å². The van der Waals surface area contributed by atoms with E-state index in [-0.39, 0.29) is 16.7 Å². The van der Waals surface area contributed by atoms with Crippen LogP contribution in [0.2, 0.25) is 0 Å². The zero-order valence-corrected chi connectivity index (χ0v) is 13.0. The van der Waals surface area contributed by atoms with Crippen LogP contribution >= 0.6 is 0 Å². The van der Waals surface area contributed by atoms with Gasteiger partial charge in [-0.05, 0) is 19.8 Å². The first-order chi connectivity index (χ1) is 9.51. The maximum Gasteiger partial charge on any atom is 0.333 e. The summed E-state index contributed by atoms with van der Waals surface area (Å²) in [4.78, 5) is 10.9. The van der Waals surface area contributed by atoms with Crippen molar-refractivity contribution in [2.75, 3.05) is 5.32 Å². The maximum absolute atomic E-state index is 11.2. The molecule has 114 valence electrons. The van der Waals surface area contributed by atoms with Crippen molar-refractivity contribution >= 4 is 11.5 Å². The van der Waals surface area contributed by atoms with Gasteiger partial charge in [0.05, 0.1) is 4.92 Å². The molecule has 0 saturated heterocycles. The van der Waals surface area contributed by atoms with E-state index in [2.05, 4.69) is 24.3 Å². The summed E-state index contributed by atoms with van der Waals surface area (Å²) in [6, 6.07) is 0.214. The molecular weight excluding hydrogens is 256 g/mol. The smallest absolute Gasteiger partial charge is 0.333 e. The lowest BCUT2D eigenvalue weighted by molar-refractivity contribution is -0.384. The molecule has 0 spiro atoms. The molecule has 0 bridgehead atoms. The lowest BCUT2D eigenvalue weighted by atomic mass is 10.1. The van der Waals surface area contributed by atoms with Gasteiger partial charge >= 0.3 is 5.69 Å². The van der Waals surface area contributed by atoms with Crippen molar-refractivity contribution in [1.29, 1.82) is 0 Å². The Hall–Kier alpha value is -1.59. The summed E-state index contributed by atoms with van der Waals surface area (Å²) in [6.07, 6.45) is 6.42. The first-order valence-corrected chi connectivity index (χ1v) is 7.48. The minimum atomic E-state index is -0.335. The number of hydrogen-bond acceptors (Lipinski definition) is 4. The number of nitrogens with zero attached hydrogens (tertiary/aromatic N) is 3. The van der Waals surface area contributed by atoms with Crippen LogP contribution in [-0.2, 0) is 13.5 Å². The van der Waals surface area contributed by atoms with Gasteiger partial charge < -0.3 is 5.32 Å². The average molecular weight is 282 g/mol. The van der Waals surface area contributed by atoms with Gasteiger partial charge in [-0.3, -0.25) is 10.1 Å². The van der Waals surface area contributed by atoms with Crippen LogP contribution < -0.4 is 5.32 Å². The number of nitro groups is 1.